The Bertz CT molecular complexity index is 287. The quantitative estimate of drug-likeness (QED) is 0.408. The van der Waals surface area contributed by atoms with E-state index in [4.69, 9.17) is 1.37 Å². The van der Waals surface area contributed by atoms with Gasteiger partial charge in [-0.25, -0.2) is 0 Å². The molecule has 0 atom stereocenters. The third kappa shape index (κ3) is 4.42. The fraction of sp³-hybridized carbons (Fsp3) is 0. The van der Waals surface area contributed by atoms with E-state index in [0.717, 1.165) is 6.55 Å². The van der Waals surface area contributed by atoms with Crippen molar-refractivity contribution in [2.75, 3.05) is 0 Å². The Morgan fingerprint density at radius 3 is 2.12 bits per heavy atom. The van der Waals surface area contributed by atoms with Gasteiger partial charge in [0.1, 0.15) is 0 Å². The van der Waals surface area contributed by atoms with Gasteiger partial charge in [-0.15, -0.1) is 0 Å². The van der Waals surface area contributed by atoms with Crippen LogP contribution in [0.25, 0.3) is 0 Å². The van der Waals surface area contributed by atoms with Crippen LogP contribution in [0.3, 0.4) is 0 Å². The van der Waals surface area contributed by atoms with Crippen LogP contribution >= 0.6 is 0 Å². The summed E-state index contributed by atoms with van der Waals surface area (Å²) in [5.74, 6) is 0. The van der Waals surface area contributed by atoms with Gasteiger partial charge in [0.2, 0.25) is 0 Å². The lowest BCUT2D eigenvalue weighted by Crippen LogP contribution is -1.17. The maximum atomic E-state index is 6.47. The van der Waals surface area contributed by atoms with Crippen molar-refractivity contribution in [1.82, 2.24) is 0 Å². The third-order valence-corrected chi connectivity index (χ3v) is 0.348. The first-order valence-electron chi connectivity index (χ1n) is 2.47. The van der Waals surface area contributed by atoms with Crippen LogP contribution in [0.4, 0.5) is 0 Å². The average molecular weight is 101 g/mol. The maximum Gasteiger partial charge on any atom is 0.0635 e. The van der Waals surface area contributed by atoms with Crippen LogP contribution in [0, 0.1) is 0 Å². The Kier molecular flexibility index (Phi) is 3.10. The fourth-order valence-electron chi connectivity index (χ4n) is 0.143. The van der Waals surface area contributed by atoms with E-state index in [9.17, 15) is 0 Å². The van der Waals surface area contributed by atoms with E-state index < -0.39 is 0 Å². The van der Waals surface area contributed by atoms with Crippen molar-refractivity contribution in [2.24, 2.45) is 0 Å². The van der Waals surface area contributed by atoms with Gasteiger partial charge < -0.3 is 0 Å². The molecule has 0 aliphatic heterocycles. The zero-order chi connectivity index (χ0) is 6.95. The van der Waals surface area contributed by atoms with Crippen molar-refractivity contribution in [1.29, 1.82) is 0 Å². The highest BCUT2D eigenvalue weighted by molar-refractivity contribution is 4.85. The molecule has 0 heteroatoms. The number of rotatable bonds is 0. The molecule has 0 amide bonds. The van der Waals surface area contributed by atoms with E-state index in [1.807, 2.05) is 0 Å². The molecular weight excluding hydrogens is 96.1 g/mol. The minimum absolute atomic E-state index is 0.978. The normalized spacial score (nSPS) is 4.75. The second kappa shape index (κ2) is 5.42. The van der Waals surface area contributed by atoms with Gasteiger partial charge in [-0.2, -0.15) is 0 Å². The van der Waals surface area contributed by atoms with Crippen molar-refractivity contribution in [3.05, 3.63) is 47.5 Å². The molecule has 0 aromatic carbocycles. The average Bonchev–Trinajstić information content (AvgIpc) is 1.89. The third-order valence-electron chi connectivity index (χ3n) is 0.348. The van der Waals surface area contributed by atoms with Crippen LogP contribution in [-0.2, 0) is 0 Å². The molecule has 0 unspecified atom stereocenters. The summed E-state index contributed by atoms with van der Waals surface area (Å²) in [6, 6.07) is 0. The molecule has 36 valence electrons. The summed E-state index contributed by atoms with van der Waals surface area (Å²) in [5, 5.41) is 0. The molecule has 0 aromatic heterocycles. The van der Waals surface area contributed by atoms with E-state index in [-0.39, 0.29) is 0 Å². The lowest BCUT2D eigenvalue weighted by Gasteiger charge is -1.35. The fourth-order valence-corrected chi connectivity index (χ4v) is 0.143. The second-order valence-corrected chi connectivity index (χ2v) is 0.821. The van der Waals surface area contributed by atoms with E-state index in [1.165, 1.54) is 0 Å². The first-order valence-corrected chi connectivity index (χ1v) is 1.89. The Balaban J connectivity index is 4.94. The molecule has 8 heavy (non-hydrogen) atoms. The van der Waals surface area contributed by atoms with Crippen LogP contribution in [0.1, 0.15) is 1.37 Å². The molecule has 0 radical (unpaired) electrons. The summed E-state index contributed by atoms with van der Waals surface area (Å²) in [6.07, 6.45) is 0. The Hall–Kier alpha value is -1.58. The molecular formula is C8H4. The molecule has 0 rings (SSSR count). The van der Waals surface area contributed by atoms with Gasteiger partial charge in [-0.1, -0.05) is 11.5 Å². The van der Waals surface area contributed by atoms with Crippen molar-refractivity contribution in [2.45, 2.75) is 0 Å². The highest BCUT2D eigenvalue weighted by atomic mass is 13.3. The number of hydrogen-bond acceptors (Lipinski definition) is 0. The van der Waals surface area contributed by atoms with E-state index >= 15 is 0 Å². The minimum Gasteiger partial charge on any atom is -0.0687 e. The van der Waals surface area contributed by atoms with Crippen molar-refractivity contribution in [3.63, 3.8) is 0 Å². The van der Waals surface area contributed by atoms with Crippen LogP contribution in [-0.4, -0.2) is 0 Å². The van der Waals surface area contributed by atoms with E-state index in [1.54, 1.807) is 0 Å². The molecule has 0 aliphatic rings. The van der Waals surface area contributed by atoms with E-state index in [2.05, 4.69) is 41.0 Å². The Morgan fingerprint density at radius 1 is 1.00 bits per heavy atom. The number of hydrogen-bond donors (Lipinski definition) is 0. The first kappa shape index (κ1) is 4.58. The van der Waals surface area contributed by atoms with Crippen LogP contribution in [0.15, 0.2) is 47.5 Å². The van der Waals surface area contributed by atoms with Crippen molar-refractivity contribution < 1.29 is 1.37 Å². The topological polar surface area (TPSA) is 0 Å². The molecule has 0 aromatic rings. The van der Waals surface area contributed by atoms with Crippen LogP contribution in [0.2, 0.25) is 0 Å². The van der Waals surface area contributed by atoms with Gasteiger partial charge in [0.25, 0.3) is 0 Å². The van der Waals surface area contributed by atoms with Gasteiger partial charge in [0.15, 0.2) is 0 Å². The Morgan fingerprint density at radius 2 is 1.62 bits per heavy atom. The van der Waals surface area contributed by atoms with Gasteiger partial charge in [-0.05, 0) is 36.1 Å². The molecule has 0 fully saturated rings. The monoisotopic (exact) mass is 101 g/mol. The van der Waals surface area contributed by atoms with Gasteiger partial charge in [0.05, 0.1) is 1.37 Å². The highest BCUT2D eigenvalue weighted by Crippen LogP contribution is 1.49. The lowest BCUT2D eigenvalue weighted by molar-refractivity contribution is 2.18. The van der Waals surface area contributed by atoms with Gasteiger partial charge in [0, 0.05) is 0 Å². The predicted octanol–water partition coefficient (Wildman–Crippen LogP) is 1.73. The summed E-state index contributed by atoms with van der Waals surface area (Å²) in [4.78, 5) is 0. The molecule has 0 aliphatic carbocycles. The maximum absolute atomic E-state index is 6.47. The summed E-state index contributed by atoms with van der Waals surface area (Å²) in [6.45, 7) is 4.23. The predicted molar refractivity (Wildman–Crippen MR) is 32.3 cm³/mol. The van der Waals surface area contributed by atoms with Crippen molar-refractivity contribution >= 4 is 0 Å². The summed E-state index contributed by atoms with van der Waals surface area (Å²) in [5.41, 5.74) is 14.3. The second-order valence-electron chi connectivity index (χ2n) is 0.821. The molecule has 0 N–H and O–H groups in total. The smallest absolute Gasteiger partial charge is 0.0635 e. The molecule has 0 nitrogen and oxygen atoms in total. The standard InChI is InChI=1S/C8H4/c1-3-5-7-8-6-4-2/h1-2H2/i1D. The molecule has 0 spiro atoms. The molecule has 0 heterocycles. The summed E-state index contributed by atoms with van der Waals surface area (Å²) < 4.78 is 6.47. The molecule has 0 saturated carbocycles. The van der Waals surface area contributed by atoms with Gasteiger partial charge >= 0.3 is 0 Å². The van der Waals surface area contributed by atoms with Crippen LogP contribution in [0.5, 0.6) is 0 Å². The van der Waals surface area contributed by atoms with E-state index in [0.29, 0.717) is 0 Å². The Labute approximate surface area is 49.9 Å². The SMILES string of the molecule is [2H]C=C=C=C=C=C=C=C. The summed E-state index contributed by atoms with van der Waals surface area (Å²) >= 11 is 0. The largest absolute Gasteiger partial charge is 0.0687 e. The minimum atomic E-state index is 0.978. The van der Waals surface area contributed by atoms with Crippen molar-refractivity contribution in [3.8, 4) is 0 Å². The molecule has 0 saturated heterocycles. The zero-order valence-electron chi connectivity index (χ0n) is 5.28. The van der Waals surface area contributed by atoms with Gasteiger partial charge in [-0.3, -0.25) is 0 Å². The van der Waals surface area contributed by atoms with Crippen LogP contribution < -0.4 is 0 Å². The zero-order valence-corrected chi connectivity index (χ0v) is 4.28. The highest BCUT2D eigenvalue weighted by Gasteiger charge is 1.32. The lowest BCUT2D eigenvalue weighted by atomic mass is 10.7. The molecule has 0 bridgehead atoms. The summed E-state index contributed by atoms with van der Waals surface area (Å²) in [7, 11) is 0. The first-order chi connectivity index (χ1) is 4.41.